The Hall–Kier alpha value is -2.63. The number of rotatable bonds is 5. The minimum Gasteiger partial charge on any atom is -0.322 e. The van der Waals surface area contributed by atoms with Crippen LogP contribution in [-0.4, -0.2) is 16.1 Å². The van der Waals surface area contributed by atoms with E-state index in [4.69, 9.17) is 0 Å². The molecule has 0 fully saturated rings. The Kier molecular flexibility index (Phi) is 5.46. The molecule has 28 heavy (non-hydrogen) atoms. The Balaban J connectivity index is 1.49. The van der Waals surface area contributed by atoms with Crippen molar-refractivity contribution in [1.29, 1.82) is 0 Å². The van der Waals surface area contributed by atoms with Crippen LogP contribution in [0.15, 0.2) is 77.7 Å². The summed E-state index contributed by atoms with van der Waals surface area (Å²) in [7, 11) is 0. The standard InChI is InChI=1S/C23H20N2OS2/c1-15(2)27-19-7-5-6-17(14-19)22(26)24-18-12-10-16(11-13-18)23-25-20-8-3-4-9-21(20)28-23/h3-15H,1-2H3,(H,24,26). The van der Waals surface area contributed by atoms with E-state index in [1.54, 1.807) is 23.1 Å². The lowest BCUT2D eigenvalue weighted by Crippen LogP contribution is -2.11. The fourth-order valence-electron chi connectivity index (χ4n) is 2.88. The van der Waals surface area contributed by atoms with E-state index in [-0.39, 0.29) is 5.91 Å². The summed E-state index contributed by atoms with van der Waals surface area (Å²) in [4.78, 5) is 18.4. The number of benzene rings is 3. The zero-order valence-corrected chi connectivity index (χ0v) is 17.3. The van der Waals surface area contributed by atoms with Gasteiger partial charge in [-0.2, -0.15) is 0 Å². The van der Waals surface area contributed by atoms with Crippen molar-refractivity contribution in [3.05, 3.63) is 78.4 Å². The minimum absolute atomic E-state index is 0.0982. The first-order valence-electron chi connectivity index (χ1n) is 9.12. The number of anilines is 1. The monoisotopic (exact) mass is 404 g/mol. The first-order chi connectivity index (χ1) is 13.6. The molecule has 0 aliphatic rings. The number of carbonyl (C=O) groups is 1. The van der Waals surface area contributed by atoms with Crippen molar-refractivity contribution in [2.75, 3.05) is 5.32 Å². The van der Waals surface area contributed by atoms with Crippen molar-refractivity contribution in [3.63, 3.8) is 0 Å². The number of nitrogens with one attached hydrogen (secondary N) is 1. The van der Waals surface area contributed by atoms with E-state index in [0.717, 1.165) is 26.7 Å². The van der Waals surface area contributed by atoms with Crippen molar-refractivity contribution in [2.24, 2.45) is 0 Å². The molecule has 0 atom stereocenters. The second-order valence-corrected chi connectivity index (χ2v) is 9.39. The van der Waals surface area contributed by atoms with Gasteiger partial charge in [0.15, 0.2) is 0 Å². The molecule has 0 aliphatic heterocycles. The first kappa shape index (κ1) is 18.7. The molecule has 3 aromatic carbocycles. The molecule has 1 N–H and O–H groups in total. The van der Waals surface area contributed by atoms with Gasteiger partial charge in [-0.15, -0.1) is 23.1 Å². The normalized spacial score (nSPS) is 11.1. The number of carbonyl (C=O) groups excluding carboxylic acids is 1. The summed E-state index contributed by atoms with van der Waals surface area (Å²) in [6.07, 6.45) is 0. The van der Waals surface area contributed by atoms with Crippen LogP contribution in [0.3, 0.4) is 0 Å². The molecule has 4 aromatic rings. The molecule has 0 saturated carbocycles. The number of aromatic nitrogens is 1. The van der Waals surface area contributed by atoms with Crippen molar-refractivity contribution >= 4 is 44.9 Å². The van der Waals surface area contributed by atoms with Crippen LogP contribution in [0.25, 0.3) is 20.8 Å². The molecule has 0 aliphatic carbocycles. The van der Waals surface area contributed by atoms with Crippen LogP contribution in [0.4, 0.5) is 5.69 Å². The fraction of sp³-hybridized carbons (Fsp3) is 0.130. The molecule has 0 saturated heterocycles. The molecule has 1 amide bonds. The van der Waals surface area contributed by atoms with Crippen molar-refractivity contribution in [3.8, 4) is 10.6 Å². The van der Waals surface area contributed by atoms with Gasteiger partial charge in [-0.05, 0) is 54.6 Å². The lowest BCUT2D eigenvalue weighted by Gasteiger charge is -2.09. The summed E-state index contributed by atoms with van der Waals surface area (Å²) in [6, 6.07) is 23.7. The van der Waals surface area contributed by atoms with Crippen molar-refractivity contribution in [1.82, 2.24) is 4.98 Å². The van der Waals surface area contributed by atoms with E-state index in [9.17, 15) is 4.79 Å². The van der Waals surface area contributed by atoms with Gasteiger partial charge in [0.1, 0.15) is 5.01 Å². The molecule has 5 heteroatoms. The van der Waals surface area contributed by atoms with Gasteiger partial charge in [0.05, 0.1) is 10.2 Å². The van der Waals surface area contributed by atoms with Crippen LogP contribution < -0.4 is 5.32 Å². The van der Waals surface area contributed by atoms with E-state index < -0.39 is 0 Å². The number of para-hydroxylation sites is 1. The van der Waals surface area contributed by atoms with Gasteiger partial charge in [0.25, 0.3) is 5.91 Å². The third-order valence-electron chi connectivity index (χ3n) is 4.15. The fourth-order valence-corrected chi connectivity index (χ4v) is 4.75. The average Bonchev–Trinajstić information content (AvgIpc) is 3.12. The van der Waals surface area contributed by atoms with Crippen molar-refractivity contribution < 1.29 is 4.79 Å². The molecule has 4 rings (SSSR count). The third kappa shape index (κ3) is 4.26. The van der Waals surface area contributed by atoms with Crippen LogP contribution in [0.5, 0.6) is 0 Å². The number of hydrogen-bond acceptors (Lipinski definition) is 4. The van der Waals surface area contributed by atoms with E-state index in [0.29, 0.717) is 10.8 Å². The van der Waals surface area contributed by atoms with E-state index >= 15 is 0 Å². The van der Waals surface area contributed by atoms with Gasteiger partial charge in [-0.1, -0.05) is 32.0 Å². The highest BCUT2D eigenvalue weighted by molar-refractivity contribution is 7.99. The lowest BCUT2D eigenvalue weighted by atomic mass is 10.2. The van der Waals surface area contributed by atoms with Crippen LogP contribution in [0, 0.1) is 0 Å². The Bertz CT molecular complexity index is 1080. The molecular formula is C23H20N2OS2. The lowest BCUT2D eigenvalue weighted by molar-refractivity contribution is 0.102. The largest absolute Gasteiger partial charge is 0.322 e. The van der Waals surface area contributed by atoms with Crippen molar-refractivity contribution in [2.45, 2.75) is 24.0 Å². The number of hydrogen-bond donors (Lipinski definition) is 1. The highest BCUT2D eigenvalue weighted by atomic mass is 32.2. The highest BCUT2D eigenvalue weighted by Gasteiger charge is 2.09. The molecule has 1 heterocycles. The Morgan fingerprint density at radius 2 is 1.79 bits per heavy atom. The summed E-state index contributed by atoms with van der Waals surface area (Å²) < 4.78 is 1.18. The molecule has 3 nitrogen and oxygen atoms in total. The molecular weight excluding hydrogens is 384 g/mol. The predicted octanol–water partition coefficient (Wildman–Crippen LogP) is 6.72. The quantitative estimate of drug-likeness (QED) is 0.376. The van der Waals surface area contributed by atoms with Gasteiger partial charge in [-0.3, -0.25) is 4.79 Å². The van der Waals surface area contributed by atoms with E-state index in [2.05, 4.69) is 30.2 Å². The van der Waals surface area contributed by atoms with Crippen LogP contribution in [-0.2, 0) is 0 Å². The van der Waals surface area contributed by atoms with Gasteiger partial charge in [0, 0.05) is 27.0 Å². The highest BCUT2D eigenvalue weighted by Crippen LogP contribution is 2.30. The SMILES string of the molecule is CC(C)Sc1cccc(C(=O)Nc2ccc(-c3nc4ccccc4s3)cc2)c1. The molecule has 0 spiro atoms. The molecule has 0 unspecified atom stereocenters. The number of thiazole rings is 1. The molecule has 140 valence electrons. The number of nitrogens with zero attached hydrogens (tertiary/aromatic N) is 1. The maximum Gasteiger partial charge on any atom is 0.255 e. The number of fused-ring (bicyclic) bond motifs is 1. The zero-order valence-electron chi connectivity index (χ0n) is 15.7. The summed E-state index contributed by atoms with van der Waals surface area (Å²) in [5.74, 6) is -0.0982. The predicted molar refractivity (Wildman–Crippen MR) is 120 cm³/mol. The smallest absolute Gasteiger partial charge is 0.255 e. The van der Waals surface area contributed by atoms with E-state index in [1.807, 2.05) is 66.7 Å². The topological polar surface area (TPSA) is 42.0 Å². The van der Waals surface area contributed by atoms with Gasteiger partial charge in [0.2, 0.25) is 0 Å². The number of thioether (sulfide) groups is 1. The molecule has 0 bridgehead atoms. The third-order valence-corrected chi connectivity index (χ3v) is 6.23. The molecule has 1 aromatic heterocycles. The van der Waals surface area contributed by atoms with E-state index in [1.165, 1.54) is 4.70 Å². The summed E-state index contributed by atoms with van der Waals surface area (Å²) in [5.41, 5.74) is 3.51. The van der Waals surface area contributed by atoms with Gasteiger partial charge >= 0.3 is 0 Å². The summed E-state index contributed by atoms with van der Waals surface area (Å²) >= 11 is 3.42. The minimum atomic E-state index is -0.0982. The molecule has 0 radical (unpaired) electrons. The second kappa shape index (κ2) is 8.17. The Morgan fingerprint density at radius 3 is 2.54 bits per heavy atom. The summed E-state index contributed by atoms with van der Waals surface area (Å²) in [6.45, 7) is 4.29. The van der Waals surface area contributed by atoms with Crippen LogP contribution in [0.2, 0.25) is 0 Å². The van der Waals surface area contributed by atoms with Crippen LogP contribution in [0.1, 0.15) is 24.2 Å². The Labute approximate surface area is 172 Å². The average molecular weight is 405 g/mol. The van der Waals surface area contributed by atoms with Gasteiger partial charge < -0.3 is 5.32 Å². The maximum atomic E-state index is 12.6. The zero-order chi connectivity index (χ0) is 19.5. The first-order valence-corrected chi connectivity index (χ1v) is 10.8. The van der Waals surface area contributed by atoms with Gasteiger partial charge in [-0.25, -0.2) is 4.98 Å². The van der Waals surface area contributed by atoms with Crippen LogP contribution >= 0.6 is 23.1 Å². The number of amides is 1. The summed E-state index contributed by atoms with van der Waals surface area (Å²) in [5, 5.41) is 4.44. The second-order valence-electron chi connectivity index (χ2n) is 6.71. The maximum absolute atomic E-state index is 12.6. The Morgan fingerprint density at radius 1 is 1.00 bits per heavy atom.